The SMILES string of the molecule is COc1ccc(NC(=O)C2CCCSC2)c(OC)c1. The van der Waals surface area contributed by atoms with Crippen LogP contribution in [0.5, 0.6) is 11.5 Å². The molecule has 5 heteroatoms. The zero-order valence-corrected chi connectivity index (χ0v) is 12.1. The van der Waals surface area contributed by atoms with Crippen molar-refractivity contribution < 1.29 is 14.3 Å². The number of carbonyl (C=O) groups is 1. The Bertz CT molecular complexity index is 444. The highest BCUT2D eigenvalue weighted by Gasteiger charge is 2.22. The fourth-order valence-corrected chi connectivity index (χ4v) is 3.22. The molecule has 1 heterocycles. The molecule has 1 amide bonds. The summed E-state index contributed by atoms with van der Waals surface area (Å²) in [5, 5.41) is 2.95. The van der Waals surface area contributed by atoms with Crippen LogP contribution < -0.4 is 14.8 Å². The van der Waals surface area contributed by atoms with E-state index in [0.29, 0.717) is 17.2 Å². The molecule has 104 valence electrons. The van der Waals surface area contributed by atoms with E-state index in [0.717, 1.165) is 24.3 Å². The molecule has 19 heavy (non-hydrogen) atoms. The Morgan fingerprint density at radius 3 is 2.84 bits per heavy atom. The Balaban J connectivity index is 2.07. The number of anilines is 1. The summed E-state index contributed by atoms with van der Waals surface area (Å²) in [5.41, 5.74) is 0.698. The van der Waals surface area contributed by atoms with Gasteiger partial charge in [0, 0.05) is 17.7 Å². The van der Waals surface area contributed by atoms with Gasteiger partial charge in [0.1, 0.15) is 11.5 Å². The Labute approximate surface area is 117 Å². The van der Waals surface area contributed by atoms with Crippen LogP contribution in [0.15, 0.2) is 18.2 Å². The summed E-state index contributed by atoms with van der Waals surface area (Å²) in [7, 11) is 3.19. The van der Waals surface area contributed by atoms with Gasteiger partial charge in [-0.05, 0) is 30.7 Å². The summed E-state index contributed by atoms with van der Waals surface area (Å²) in [4.78, 5) is 12.2. The second-order valence-corrected chi connectivity index (χ2v) is 5.62. The van der Waals surface area contributed by atoms with Gasteiger partial charge in [-0.25, -0.2) is 0 Å². The molecule has 0 bridgehead atoms. The second-order valence-electron chi connectivity index (χ2n) is 4.47. The van der Waals surface area contributed by atoms with Crippen LogP contribution in [0, 0.1) is 5.92 Å². The van der Waals surface area contributed by atoms with E-state index in [1.807, 2.05) is 23.9 Å². The molecule has 0 spiro atoms. The smallest absolute Gasteiger partial charge is 0.228 e. The largest absolute Gasteiger partial charge is 0.497 e. The van der Waals surface area contributed by atoms with Crippen LogP contribution in [-0.2, 0) is 4.79 Å². The van der Waals surface area contributed by atoms with Crippen molar-refractivity contribution in [1.29, 1.82) is 0 Å². The first-order valence-corrected chi connectivity index (χ1v) is 7.50. The van der Waals surface area contributed by atoms with Crippen LogP contribution in [0.3, 0.4) is 0 Å². The van der Waals surface area contributed by atoms with Crippen molar-refractivity contribution in [1.82, 2.24) is 0 Å². The lowest BCUT2D eigenvalue weighted by atomic mass is 10.0. The minimum Gasteiger partial charge on any atom is -0.497 e. The monoisotopic (exact) mass is 281 g/mol. The number of thioether (sulfide) groups is 1. The average molecular weight is 281 g/mol. The first kappa shape index (κ1) is 14.1. The Kier molecular flexibility index (Phi) is 4.96. The predicted molar refractivity (Wildman–Crippen MR) is 78.2 cm³/mol. The molecule has 0 aliphatic carbocycles. The molecule has 2 rings (SSSR count). The number of nitrogens with one attached hydrogen (secondary N) is 1. The molecule has 1 aliphatic heterocycles. The zero-order valence-electron chi connectivity index (χ0n) is 11.3. The van der Waals surface area contributed by atoms with E-state index in [-0.39, 0.29) is 11.8 Å². The highest BCUT2D eigenvalue weighted by Crippen LogP contribution is 2.30. The summed E-state index contributed by atoms with van der Waals surface area (Å²) in [6.07, 6.45) is 2.08. The van der Waals surface area contributed by atoms with Gasteiger partial charge in [0.25, 0.3) is 0 Å². The van der Waals surface area contributed by atoms with Crippen molar-refractivity contribution in [3.8, 4) is 11.5 Å². The molecular formula is C14H19NO3S. The maximum atomic E-state index is 12.2. The van der Waals surface area contributed by atoms with E-state index < -0.39 is 0 Å². The first-order valence-electron chi connectivity index (χ1n) is 6.35. The fourth-order valence-electron chi connectivity index (χ4n) is 2.08. The van der Waals surface area contributed by atoms with Gasteiger partial charge in [0.05, 0.1) is 19.9 Å². The molecule has 1 aliphatic rings. The molecule has 1 unspecified atom stereocenters. The number of amides is 1. The van der Waals surface area contributed by atoms with E-state index in [1.165, 1.54) is 0 Å². The third-order valence-corrected chi connectivity index (χ3v) is 4.41. The summed E-state index contributed by atoms with van der Waals surface area (Å²) < 4.78 is 10.4. The minimum absolute atomic E-state index is 0.0793. The maximum Gasteiger partial charge on any atom is 0.228 e. The highest BCUT2D eigenvalue weighted by atomic mass is 32.2. The maximum absolute atomic E-state index is 12.2. The third kappa shape index (κ3) is 3.56. The van der Waals surface area contributed by atoms with Gasteiger partial charge < -0.3 is 14.8 Å². The van der Waals surface area contributed by atoms with Crippen LogP contribution in [0.25, 0.3) is 0 Å². The molecule has 1 fully saturated rings. The van der Waals surface area contributed by atoms with Gasteiger partial charge in [-0.3, -0.25) is 4.79 Å². The molecule has 1 N–H and O–H groups in total. The second kappa shape index (κ2) is 6.70. The number of benzene rings is 1. The van der Waals surface area contributed by atoms with E-state index in [9.17, 15) is 4.79 Å². The van der Waals surface area contributed by atoms with Gasteiger partial charge in [0.15, 0.2) is 0 Å². The van der Waals surface area contributed by atoms with Crippen molar-refractivity contribution in [3.05, 3.63) is 18.2 Å². The molecule has 0 aromatic heterocycles. The van der Waals surface area contributed by atoms with Crippen LogP contribution >= 0.6 is 11.8 Å². The Morgan fingerprint density at radius 1 is 1.37 bits per heavy atom. The lowest BCUT2D eigenvalue weighted by molar-refractivity contribution is -0.119. The van der Waals surface area contributed by atoms with Gasteiger partial charge in [-0.1, -0.05) is 0 Å². The minimum atomic E-state index is 0.0793. The normalized spacial score (nSPS) is 18.7. The quantitative estimate of drug-likeness (QED) is 0.922. The first-order chi connectivity index (χ1) is 9.24. The number of hydrogen-bond donors (Lipinski definition) is 1. The van der Waals surface area contributed by atoms with Crippen molar-refractivity contribution in [2.45, 2.75) is 12.8 Å². The van der Waals surface area contributed by atoms with E-state index >= 15 is 0 Å². The summed E-state index contributed by atoms with van der Waals surface area (Å²) in [5.74, 6) is 3.58. The number of hydrogen-bond acceptors (Lipinski definition) is 4. The van der Waals surface area contributed by atoms with E-state index in [4.69, 9.17) is 9.47 Å². The van der Waals surface area contributed by atoms with Gasteiger partial charge in [0.2, 0.25) is 5.91 Å². The van der Waals surface area contributed by atoms with Crippen molar-refractivity contribution in [2.75, 3.05) is 31.0 Å². The topological polar surface area (TPSA) is 47.6 Å². The molecule has 0 radical (unpaired) electrons. The number of methoxy groups -OCH3 is 2. The Hall–Kier alpha value is -1.36. The lowest BCUT2D eigenvalue weighted by Crippen LogP contribution is -2.27. The molecule has 1 saturated heterocycles. The molecule has 1 aromatic rings. The number of ether oxygens (including phenoxy) is 2. The van der Waals surface area contributed by atoms with E-state index in [1.54, 1.807) is 20.3 Å². The highest BCUT2D eigenvalue weighted by molar-refractivity contribution is 7.99. The van der Waals surface area contributed by atoms with Crippen LogP contribution in [-0.4, -0.2) is 31.6 Å². The average Bonchev–Trinajstić information content (AvgIpc) is 2.48. The van der Waals surface area contributed by atoms with Crippen LogP contribution in [0.2, 0.25) is 0 Å². The summed E-state index contributed by atoms with van der Waals surface area (Å²) >= 11 is 1.85. The predicted octanol–water partition coefficient (Wildman–Crippen LogP) is 2.79. The molecular weight excluding hydrogens is 262 g/mol. The molecule has 1 aromatic carbocycles. The molecule has 4 nitrogen and oxygen atoms in total. The molecule has 0 saturated carbocycles. The summed E-state index contributed by atoms with van der Waals surface area (Å²) in [6, 6.07) is 5.39. The number of rotatable bonds is 4. The van der Waals surface area contributed by atoms with Crippen LogP contribution in [0.1, 0.15) is 12.8 Å². The standard InChI is InChI=1S/C14H19NO3S/c1-17-11-5-6-12(13(8-11)18-2)15-14(16)10-4-3-7-19-9-10/h5-6,8,10H,3-4,7,9H2,1-2H3,(H,15,16). The summed E-state index contributed by atoms with van der Waals surface area (Å²) in [6.45, 7) is 0. The Morgan fingerprint density at radius 2 is 2.21 bits per heavy atom. The van der Waals surface area contributed by atoms with E-state index in [2.05, 4.69) is 5.32 Å². The van der Waals surface area contributed by atoms with Crippen molar-refractivity contribution >= 4 is 23.4 Å². The third-order valence-electron chi connectivity index (χ3n) is 3.20. The van der Waals surface area contributed by atoms with Crippen molar-refractivity contribution in [2.24, 2.45) is 5.92 Å². The van der Waals surface area contributed by atoms with Gasteiger partial charge in [-0.15, -0.1) is 0 Å². The fraction of sp³-hybridized carbons (Fsp3) is 0.500. The van der Waals surface area contributed by atoms with Gasteiger partial charge in [-0.2, -0.15) is 11.8 Å². The van der Waals surface area contributed by atoms with Crippen molar-refractivity contribution in [3.63, 3.8) is 0 Å². The molecule has 1 atom stereocenters. The number of carbonyl (C=O) groups excluding carboxylic acids is 1. The van der Waals surface area contributed by atoms with Gasteiger partial charge >= 0.3 is 0 Å². The lowest BCUT2D eigenvalue weighted by Gasteiger charge is -2.21. The zero-order chi connectivity index (χ0) is 13.7. The van der Waals surface area contributed by atoms with Crippen LogP contribution in [0.4, 0.5) is 5.69 Å².